The summed E-state index contributed by atoms with van der Waals surface area (Å²) in [6.45, 7) is 0. The molecule has 1 aromatic carbocycles. The predicted octanol–water partition coefficient (Wildman–Crippen LogP) is 2.87. The van der Waals surface area contributed by atoms with Crippen LogP contribution in [0, 0.1) is 0 Å². The van der Waals surface area contributed by atoms with Crippen LogP contribution in [0.3, 0.4) is 0 Å². The molecular formula is C12H14BrClO3. The van der Waals surface area contributed by atoms with Gasteiger partial charge in [-0.05, 0) is 29.5 Å². The van der Waals surface area contributed by atoms with Crippen LogP contribution in [0.2, 0.25) is 0 Å². The second-order valence-corrected chi connectivity index (χ2v) is 4.76. The molecule has 5 heteroatoms. The average molecular weight is 322 g/mol. The van der Waals surface area contributed by atoms with Crippen molar-refractivity contribution in [1.29, 1.82) is 0 Å². The minimum absolute atomic E-state index is 0.390. The minimum Gasteiger partial charge on any atom is -0.479 e. The molecule has 0 radical (unpaired) electrons. The van der Waals surface area contributed by atoms with Crippen molar-refractivity contribution in [2.75, 3.05) is 5.33 Å². The van der Waals surface area contributed by atoms with E-state index in [1.54, 1.807) is 18.2 Å². The average Bonchev–Trinajstić information content (AvgIpc) is 2.34. The van der Waals surface area contributed by atoms with Gasteiger partial charge in [0.1, 0.15) is 0 Å². The first-order valence-electron chi connectivity index (χ1n) is 5.24. The summed E-state index contributed by atoms with van der Waals surface area (Å²) in [5, 5.41) is 19.1. The Morgan fingerprint density at radius 3 is 2.65 bits per heavy atom. The monoisotopic (exact) mass is 320 g/mol. The summed E-state index contributed by atoms with van der Waals surface area (Å²) < 4.78 is 0. The highest BCUT2D eigenvalue weighted by Crippen LogP contribution is 2.21. The zero-order valence-corrected chi connectivity index (χ0v) is 11.5. The van der Waals surface area contributed by atoms with Gasteiger partial charge in [-0.3, -0.25) is 0 Å². The van der Waals surface area contributed by atoms with E-state index in [0.717, 1.165) is 29.3 Å². The van der Waals surface area contributed by atoms with Crippen molar-refractivity contribution in [3.05, 3.63) is 34.9 Å². The molecule has 0 saturated carbocycles. The summed E-state index contributed by atoms with van der Waals surface area (Å²) in [6, 6.07) is 5.10. The van der Waals surface area contributed by atoms with E-state index in [1.807, 2.05) is 0 Å². The SMILES string of the molecule is O=C(O)C(O)c1ccc(CCl)c(CCCBr)c1. The van der Waals surface area contributed by atoms with Crippen molar-refractivity contribution in [2.24, 2.45) is 0 Å². The molecule has 0 saturated heterocycles. The standard InChI is InChI=1S/C12H14BrClO3/c13-5-1-2-8-6-9(11(15)12(16)17)3-4-10(8)7-14/h3-4,6,11,15H,1-2,5,7H2,(H,16,17). The van der Waals surface area contributed by atoms with E-state index >= 15 is 0 Å². The lowest BCUT2D eigenvalue weighted by atomic mass is 9.98. The number of aliphatic hydroxyl groups is 1. The zero-order chi connectivity index (χ0) is 12.8. The molecule has 1 rings (SSSR count). The van der Waals surface area contributed by atoms with E-state index < -0.39 is 12.1 Å². The molecule has 94 valence electrons. The summed E-state index contributed by atoms with van der Waals surface area (Å²) in [5.41, 5.74) is 2.38. The highest BCUT2D eigenvalue weighted by atomic mass is 79.9. The number of carboxylic acids is 1. The molecule has 0 aliphatic rings. The molecule has 17 heavy (non-hydrogen) atoms. The predicted molar refractivity (Wildman–Crippen MR) is 70.7 cm³/mol. The van der Waals surface area contributed by atoms with E-state index in [2.05, 4.69) is 15.9 Å². The number of hydrogen-bond donors (Lipinski definition) is 2. The number of carbonyl (C=O) groups is 1. The number of rotatable bonds is 6. The van der Waals surface area contributed by atoms with Gasteiger partial charge in [-0.25, -0.2) is 4.79 Å². The first-order valence-corrected chi connectivity index (χ1v) is 6.90. The van der Waals surface area contributed by atoms with Crippen LogP contribution in [0.4, 0.5) is 0 Å². The lowest BCUT2D eigenvalue weighted by Crippen LogP contribution is -2.11. The Hall–Kier alpha value is -0.580. The van der Waals surface area contributed by atoms with Gasteiger partial charge in [0.2, 0.25) is 0 Å². The maximum Gasteiger partial charge on any atom is 0.337 e. The molecule has 0 spiro atoms. The van der Waals surface area contributed by atoms with Gasteiger partial charge < -0.3 is 10.2 Å². The number of aryl methyl sites for hydroxylation is 1. The smallest absolute Gasteiger partial charge is 0.337 e. The fraction of sp³-hybridized carbons (Fsp3) is 0.417. The number of aliphatic hydroxyl groups excluding tert-OH is 1. The lowest BCUT2D eigenvalue weighted by Gasteiger charge is -2.11. The van der Waals surface area contributed by atoms with Gasteiger partial charge in [0.05, 0.1) is 0 Å². The Morgan fingerprint density at radius 1 is 1.41 bits per heavy atom. The summed E-state index contributed by atoms with van der Waals surface area (Å²) in [4.78, 5) is 10.7. The Kier molecular flexibility index (Phi) is 5.95. The van der Waals surface area contributed by atoms with Crippen molar-refractivity contribution in [3.63, 3.8) is 0 Å². The summed E-state index contributed by atoms with van der Waals surface area (Å²) in [7, 11) is 0. The van der Waals surface area contributed by atoms with Crippen molar-refractivity contribution in [1.82, 2.24) is 0 Å². The van der Waals surface area contributed by atoms with Gasteiger partial charge in [0.25, 0.3) is 0 Å². The quantitative estimate of drug-likeness (QED) is 0.792. The highest BCUT2D eigenvalue weighted by molar-refractivity contribution is 9.09. The molecule has 2 N–H and O–H groups in total. The molecule has 1 unspecified atom stereocenters. The maximum atomic E-state index is 10.7. The van der Waals surface area contributed by atoms with Gasteiger partial charge in [-0.2, -0.15) is 0 Å². The maximum absolute atomic E-state index is 10.7. The number of aliphatic carboxylic acids is 1. The normalized spacial score (nSPS) is 12.4. The number of halogens is 2. The molecule has 0 amide bonds. The number of carboxylic acid groups (broad SMARTS) is 1. The Balaban J connectivity index is 2.99. The first-order chi connectivity index (χ1) is 8.10. The fourth-order valence-electron chi connectivity index (χ4n) is 1.58. The third-order valence-corrected chi connectivity index (χ3v) is 3.35. The summed E-state index contributed by atoms with van der Waals surface area (Å²) >= 11 is 9.16. The van der Waals surface area contributed by atoms with E-state index in [-0.39, 0.29) is 0 Å². The molecule has 0 bridgehead atoms. The Bertz CT molecular complexity index is 395. The molecule has 0 aliphatic heterocycles. The third-order valence-electron chi connectivity index (χ3n) is 2.50. The molecule has 0 aliphatic carbocycles. The molecule has 0 aromatic heterocycles. The molecule has 1 atom stereocenters. The van der Waals surface area contributed by atoms with Crippen LogP contribution in [0.5, 0.6) is 0 Å². The fourth-order valence-corrected chi connectivity index (χ4v) is 2.12. The topological polar surface area (TPSA) is 57.5 Å². The van der Waals surface area contributed by atoms with Gasteiger partial charge in [0.15, 0.2) is 6.10 Å². The van der Waals surface area contributed by atoms with Crippen LogP contribution in [-0.4, -0.2) is 21.5 Å². The summed E-state index contributed by atoms with van der Waals surface area (Å²) in [6.07, 6.45) is 0.284. The van der Waals surface area contributed by atoms with E-state index in [4.69, 9.17) is 16.7 Å². The molecule has 3 nitrogen and oxygen atoms in total. The first kappa shape index (κ1) is 14.5. The van der Waals surface area contributed by atoms with Crippen LogP contribution in [0.25, 0.3) is 0 Å². The van der Waals surface area contributed by atoms with E-state index in [0.29, 0.717) is 11.4 Å². The largest absolute Gasteiger partial charge is 0.479 e. The van der Waals surface area contributed by atoms with Gasteiger partial charge in [-0.15, -0.1) is 11.6 Å². The van der Waals surface area contributed by atoms with E-state index in [9.17, 15) is 9.90 Å². The lowest BCUT2D eigenvalue weighted by molar-refractivity contribution is -0.146. The number of benzene rings is 1. The van der Waals surface area contributed by atoms with Crippen LogP contribution < -0.4 is 0 Å². The third kappa shape index (κ3) is 3.98. The highest BCUT2D eigenvalue weighted by Gasteiger charge is 2.16. The number of hydrogen-bond acceptors (Lipinski definition) is 2. The van der Waals surface area contributed by atoms with Gasteiger partial charge >= 0.3 is 5.97 Å². The van der Waals surface area contributed by atoms with Crippen LogP contribution in [-0.2, 0) is 17.1 Å². The molecular weight excluding hydrogens is 307 g/mol. The number of alkyl halides is 2. The van der Waals surface area contributed by atoms with Crippen molar-refractivity contribution < 1.29 is 15.0 Å². The Morgan fingerprint density at radius 2 is 2.12 bits per heavy atom. The van der Waals surface area contributed by atoms with Crippen LogP contribution >= 0.6 is 27.5 Å². The van der Waals surface area contributed by atoms with Gasteiger partial charge in [-0.1, -0.05) is 34.1 Å². The summed E-state index contributed by atoms with van der Waals surface area (Å²) in [5.74, 6) is -0.851. The second kappa shape index (κ2) is 6.99. The molecule has 0 heterocycles. The Labute approximate surface area is 114 Å². The molecule has 1 aromatic rings. The molecule has 0 fully saturated rings. The van der Waals surface area contributed by atoms with Crippen LogP contribution in [0.15, 0.2) is 18.2 Å². The van der Waals surface area contributed by atoms with Crippen molar-refractivity contribution in [3.8, 4) is 0 Å². The minimum atomic E-state index is -1.47. The second-order valence-electron chi connectivity index (χ2n) is 3.70. The van der Waals surface area contributed by atoms with Crippen molar-refractivity contribution >= 4 is 33.5 Å². The van der Waals surface area contributed by atoms with Crippen molar-refractivity contribution in [2.45, 2.75) is 24.8 Å². The van der Waals surface area contributed by atoms with Gasteiger partial charge in [0, 0.05) is 11.2 Å². The van der Waals surface area contributed by atoms with E-state index in [1.165, 1.54) is 0 Å². The van der Waals surface area contributed by atoms with Crippen LogP contribution in [0.1, 0.15) is 29.2 Å². The zero-order valence-electron chi connectivity index (χ0n) is 9.20.